The molecule has 1 aromatic rings. The summed E-state index contributed by atoms with van der Waals surface area (Å²) in [4.78, 5) is 10.3. The molecule has 1 atom stereocenters. The molecule has 8 heteroatoms. The van der Waals surface area contributed by atoms with Crippen LogP contribution in [-0.4, -0.2) is 32.5 Å². The maximum Gasteiger partial charge on any atom is 0.292 e. The van der Waals surface area contributed by atoms with Gasteiger partial charge in [0.15, 0.2) is 4.90 Å². The highest BCUT2D eigenvalue weighted by atomic mass is 32.2. The van der Waals surface area contributed by atoms with Crippen LogP contribution in [0.25, 0.3) is 0 Å². The highest BCUT2D eigenvalue weighted by Gasteiger charge is 2.32. The van der Waals surface area contributed by atoms with Gasteiger partial charge in [-0.05, 0) is 32.4 Å². The molecule has 2 rings (SSSR count). The number of aryl methyl sites for hydroxylation is 2. The van der Waals surface area contributed by atoms with E-state index >= 15 is 0 Å². The Morgan fingerprint density at radius 3 is 2.55 bits per heavy atom. The first-order chi connectivity index (χ1) is 9.33. The number of hydrogen-bond donors (Lipinski definition) is 2. The minimum atomic E-state index is -3.90. The molecule has 110 valence electrons. The second-order valence-electron chi connectivity index (χ2n) is 4.95. The first-order valence-electron chi connectivity index (χ1n) is 6.30. The van der Waals surface area contributed by atoms with E-state index in [1.165, 1.54) is 6.92 Å². The maximum absolute atomic E-state index is 12.4. The van der Waals surface area contributed by atoms with E-state index in [4.69, 9.17) is 0 Å². The van der Waals surface area contributed by atoms with E-state index in [1.807, 2.05) is 0 Å². The molecular weight excluding hydrogens is 282 g/mol. The van der Waals surface area contributed by atoms with Gasteiger partial charge in [0.2, 0.25) is 10.0 Å². The lowest BCUT2D eigenvalue weighted by molar-refractivity contribution is -0.388. The fraction of sp³-hybridized carbons (Fsp3) is 0.500. The normalized spacial score (nSPS) is 19.2. The molecule has 0 amide bonds. The van der Waals surface area contributed by atoms with Crippen molar-refractivity contribution >= 4 is 15.7 Å². The number of nitrogens with one attached hydrogen (secondary N) is 2. The number of nitro benzene ring substituents is 1. The van der Waals surface area contributed by atoms with E-state index in [0.717, 1.165) is 6.54 Å². The van der Waals surface area contributed by atoms with Crippen molar-refractivity contribution in [2.75, 3.05) is 13.1 Å². The number of nitro groups is 1. The quantitative estimate of drug-likeness (QED) is 0.634. The Bertz CT molecular complexity index is 636. The lowest BCUT2D eigenvalue weighted by Crippen LogP contribution is -2.36. The third-order valence-electron chi connectivity index (χ3n) is 3.36. The van der Waals surface area contributed by atoms with E-state index in [2.05, 4.69) is 10.0 Å². The minimum absolute atomic E-state index is 0.223. The van der Waals surface area contributed by atoms with Crippen LogP contribution in [0.5, 0.6) is 0 Å². The van der Waals surface area contributed by atoms with Crippen LogP contribution < -0.4 is 10.0 Å². The average molecular weight is 299 g/mol. The van der Waals surface area contributed by atoms with Gasteiger partial charge in [-0.15, -0.1) is 0 Å². The van der Waals surface area contributed by atoms with Gasteiger partial charge in [-0.3, -0.25) is 10.1 Å². The topological polar surface area (TPSA) is 101 Å². The van der Waals surface area contributed by atoms with Gasteiger partial charge in [-0.25, -0.2) is 13.1 Å². The minimum Gasteiger partial charge on any atom is -0.315 e. The molecule has 1 saturated heterocycles. The van der Waals surface area contributed by atoms with Gasteiger partial charge in [0.25, 0.3) is 5.69 Å². The molecule has 0 saturated carbocycles. The summed E-state index contributed by atoms with van der Waals surface area (Å²) in [6, 6.07) is 2.92. The van der Waals surface area contributed by atoms with Gasteiger partial charge in [-0.1, -0.05) is 12.1 Å². The molecule has 1 unspecified atom stereocenters. The summed E-state index contributed by atoms with van der Waals surface area (Å²) in [5, 5.41) is 14.2. The van der Waals surface area contributed by atoms with Crippen molar-refractivity contribution in [1.29, 1.82) is 0 Å². The van der Waals surface area contributed by atoms with E-state index < -0.39 is 14.9 Å². The van der Waals surface area contributed by atoms with Gasteiger partial charge in [0.1, 0.15) is 0 Å². The van der Waals surface area contributed by atoms with Gasteiger partial charge in [0.05, 0.1) is 4.92 Å². The summed E-state index contributed by atoms with van der Waals surface area (Å²) in [7, 11) is -3.90. The van der Waals surface area contributed by atoms with Crippen molar-refractivity contribution in [3.8, 4) is 0 Å². The van der Waals surface area contributed by atoms with Crippen LogP contribution in [0.4, 0.5) is 5.69 Å². The summed E-state index contributed by atoms with van der Waals surface area (Å²) in [6.07, 6.45) is 0.678. The third kappa shape index (κ3) is 2.82. The Morgan fingerprint density at radius 2 is 2.00 bits per heavy atom. The molecule has 1 aliphatic rings. The van der Waals surface area contributed by atoms with E-state index in [9.17, 15) is 18.5 Å². The molecule has 0 aromatic heterocycles. The lowest BCUT2D eigenvalue weighted by Gasteiger charge is -2.14. The predicted octanol–water partition coefficient (Wildman–Crippen LogP) is 0.852. The van der Waals surface area contributed by atoms with Crippen LogP contribution in [0.1, 0.15) is 17.5 Å². The van der Waals surface area contributed by atoms with E-state index in [0.29, 0.717) is 24.1 Å². The molecule has 2 N–H and O–H groups in total. The molecule has 0 bridgehead atoms. The average Bonchev–Trinajstić information content (AvgIpc) is 2.83. The molecule has 1 aromatic carbocycles. The summed E-state index contributed by atoms with van der Waals surface area (Å²) < 4.78 is 27.4. The Kier molecular flexibility index (Phi) is 4.07. The number of sulfonamides is 1. The zero-order chi connectivity index (χ0) is 14.9. The molecule has 1 aliphatic heterocycles. The highest BCUT2D eigenvalue weighted by Crippen LogP contribution is 2.30. The molecule has 0 radical (unpaired) electrons. The van der Waals surface area contributed by atoms with Gasteiger partial charge >= 0.3 is 0 Å². The third-order valence-corrected chi connectivity index (χ3v) is 5.06. The Hall–Kier alpha value is -1.51. The van der Waals surface area contributed by atoms with Crippen LogP contribution in [0.3, 0.4) is 0 Å². The molecular formula is C12H17N3O4S. The molecule has 1 heterocycles. The Balaban J connectivity index is 2.50. The predicted molar refractivity (Wildman–Crippen MR) is 74.2 cm³/mol. The molecule has 0 spiro atoms. The van der Waals surface area contributed by atoms with Crippen LogP contribution in [0.2, 0.25) is 0 Å². The maximum atomic E-state index is 12.4. The fourth-order valence-corrected chi connectivity index (χ4v) is 4.11. The second-order valence-corrected chi connectivity index (χ2v) is 6.60. The van der Waals surface area contributed by atoms with Crippen molar-refractivity contribution in [3.63, 3.8) is 0 Å². The van der Waals surface area contributed by atoms with Crippen LogP contribution >= 0.6 is 0 Å². The monoisotopic (exact) mass is 299 g/mol. The number of benzene rings is 1. The standard InChI is InChI=1S/C12H17N3O4S/c1-8-3-4-9(2)12(11(8)15(16)17)20(18,19)14-10-5-6-13-7-10/h3-4,10,13-14H,5-7H2,1-2H3. The smallest absolute Gasteiger partial charge is 0.292 e. The van der Waals surface area contributed by atoms with Crippen LogP contribution in [0, 0.1) is 24.0 Å². The Morgan fingerprint density at radius 1 is 1.35 bits per heavy atom. The lowest BCUT2D eigenvalue weighted by atomic mass is 10.1. The zero-order valence-electron chi connectivity index (χ0n) is 11.3. The summed E-state index contributed by atoms with van der Waals surface area (Å²) >= 11 is 0. The van der Waals surface area contributed by atoms with Crippen molar-refractivity contribution < 1.29 is 13.3 Å². The van der Waals surface area contributed by atoms with Gasteiger partial charge < -0.3 is 5.32 Å². The fourth-order valence-electron chi connectivity index (χ4n) is 2.37. The van der Waals surface area contributed by atoms with Crippen molar-refractivity contribution in [1.82, 2.24) is 10.0 Å². The van der Waals surface area contributed by atoms with Gasteiger partial charge in [0, 0.05) is 18.2 Å². The molecule has 1 fully saturated rings. The van der Waals surface area contributed by atoms with Crippen LogP contribution in [-0.2, 0) is 10.0 Å². The second kappa shape index (κ2) is 5.47. The van der Waals surface area contributed by atoms with Crippen molar-refractivity contribution in [2.45, 2.75) is 31.2 Å². The number of rotatable bonds is 4. The first kappa shape index (κ1) is 14.9. The van der Waals surface area contributed by atoms with Crippen molar-refractivity contribution in [3.05, 3.63) is 33.4 Å². The summed E-state index contributed by atoms with van der Waals surface area (Å²) in [5.74, 6) is 0. The Labute approximate surface area is 117 Å². The van der Waals surface area contributed by atoms with Crippen molar-refractivity contribution in [2.24, 2.45) is 0 Å². The molecule has 20 heavy (non-hydrogen) atoms. The van der Waals surface area contributed by atoms with E-state index in [-0.39, 0.29) is 16.6 Å². The molecule has 0 aliphatic carbocycles. The largest absolute Gasteiger partial charge is 0.315 e. The van der Waals surface area contributed by atoms with E-state index in [1.54, 1.807) is 19.1 Å². The number of hydrogen-bond acceptors (Lipinski definition) is 5. The molecule has 7 nitrogen and oxygen atoms in total. The zero-order valence-corrected chi connectivity index (χ0v) is 12.2. The van der Waals surface area contributed by atoms with Gasteiger partial charge in [-0.2, -0.15) is 0 Å². The van der Waals surface area contributed by atoms with Crippen LogP contribution in [0.15, 0.2) is 17.0 Å². The first-order valence-corrected chi connectivity index (χ1v) is 7.79. The summed E-state index contributed by atoms with van der Waals surface area (Å²) in [5.41, 5.74) is 0.370. The summed E-state index contributed by atoms with van der Waals surface area (Å²) in [6.45, 7) is 4.38. The highest BCUT2D eigenvalue weighted by molar-refractivity contribution is 7.89. The SMILES string of the molecule is Cc1ccc(C)c(S(=O)(=O)NC2CCNC2)c1[N+](=O)[O-]. The number of nitrogens with zero attached hydrogens (tertiary/aromatic N) is 1.